The predicted molar refractivity (Wildman–Crippen MR) is 140 cm³/mol. The Balaban J connectivity index is 1.57. The molecule has 8 heteroatoms. The zero-order valence-corrected chi connectivity index (χ0v) is 20.5. The number of ether oxygens (including phenoxy) is 2. The third-order valence-corrected chi connectivity index (χ3v) is 5.18. The van der Waals surface area contributed by atoms with Crippen molar-refractivity contribution in [1.29, 1.82) is 5.26 Å². The number of benzene rings is 3. The van der Waals surface area contributed by atoms with Crippen molar-refractivity contribution in [3.63, 3.8) is 0 Å². The van der Waals surface area contributed by atoms with Gasteiger partial charge in [0.05, 0.1) is 6.61 Å². The molecular formula is C26H22IN3O4. The van der Waals surface area contributed by atoms with Crippen LogP contribution in [0.15, 0.2) is 78.4 Å². The smallest absolute Gasteiger partial charge is 0.266 e. The molecule has 0 heterocycles. The first-order valence-electron chi connectivity index (χ1n) is 10.4. The zero-order chi connectivity index (χ0) is 24.3. The Morgan fingerprint density at radius 3 is 2.35 bits per heavy atom. The molecule has 0 spiro atoms. The average molecular weight is 567 g/mol. The monoisotopic (exact) mass is 567 g/mol. The second-order valence-electron chi connectivity index (χ2n) is 7.00. The third kappa shape index (κ3) is 7.64. The second-order valence-corrected chi connectivity index (χ2v) is 8.24. The Labute approximate surface area is 211 Å². The van der Waals surface area contributed by atoms with Crippen LogP contribution >= 0.6 is 22.6 Å². The topological polar surface area (TPSA) is 100 Å². The molecule has 0 radical (unpaired) electrons. The second kappa shape index (κ2) is 12.4. The first-order chi connectivity index (χ1) is 16.5. The minimum absolute atomic E-state index is 0.0487. The Morgan fingerprint density at radius 2 is 1.68 bits per heavy atom. The van der Waals surface area contributed by atoms with Crippen molar-refractivity contribution >= 4 is 51.9 Å². The van der Waals surface area contributed by atoms with Crippen LogP contribution in [-0.2, 0) is 9.59 Å². The summed E-state index contributed by atoms with van der Waals surface area (Å²) in [7, 11) is 0. The molecule has 0 saturated carbocycles. The fourth-order valence-electron chi connectivity index (χ4n) is 2.88. The van der Waals surface area contributed by atoms with Crippen molar-refractivity contribution in [1.82, 2.24) is 0 Å². The van der Waals surface area contributed by atoms with Crippen molar-refractivity contribution in [2.45, 2.75) is 6.92 Å². The Bertz CT molecular complexity index is 1220. The van der Waals surface area contributed by atoms with E-state index >= 15 is 0 Å². The van der Waals surface area contributed by atoms with Crippen LogP contribution in [0.1, 0.15) is 12.5 Å². The van der Waals surface area contributed by atoms with Crippen LogP contribution in [0.4, 0.5) is 11.4 Å². The van der Waals surface area contributed by atoms with Gasteiger partial charge in [-0.1, -0.05) is 18.2 Å². The number of hydrogen-bond acceptors (Lipinski definition) is 5. The zero-order valence-electron chi connectivity index (χ0n) is 18.4. The maximum absolute atomic E-state index is 12.5. The van der Waals surface area contributed by atoms with E-state index in [0.717, 1.165) is 3.57 Å². The van der Waals surface area contributed by atoms with E-state index in [1.54, 1.807) is 48.5 Å². The molecule has 0 aliphatic heterocycles. The molecule has 3 aromatic carbocycles. The van der Waals surface area contributed by atoms with Crippen LogP contribution in [0.25, 0.3) is 6.08 Å². The van der Waals surface area contributed by atoms with Gasteiger partial charge in [-0.2, -0.15) is 5.26 Å². The van der Waals surface area contributed by atoms with E-state index in [1.165, 1.54) is 6.08 Å². The lowest BCUT2D eigenvalue weighted by molar-refractivity contribution is -0.118. The minimum atomic E-state index is -0.524. The van der Waals surface area contributed by atoms with Gasteiger partial charge in [-0.15, -0.1) is 0 Å². The predicted octanol–water partition coefficient (Wildman–Crippen LogP) is 5.25. The number of rotatable bonds is 9. The largest absolute Gasteiger partial charge is 0.494 e. The molecule has 0 atom stereocenters. The molecule has 2 amide bonds. The van der Waals surface area contributed by atoms with Gasteiger partial charge in [-0.25, -0.2) is 0 Å². The number of anilines is 2. The van der Waals surface area contributed by atoms with Crippen LogP contribution in [0.2, 0.25) is 0 Å². The highest BCUT2D eigenvalue weighted by Gasteiger charge is 2.10. The summed E-state index contributed by atoms with van der Waals surface area (Å²) in [6.07, 6.45) is 1.48. The van der Waals surface area contributed by atoms with Crippen molar-refractivity contribution in [3.8, 4) is 17.6 Å². The van der Waals surface area contributed by atoms with E-state index < -0.39 is 5.91 Å². The molecule has 3 aromatic rings. The first-order valence-corrected chi connectivity index (χ1v) is 11.5. The molecule has 0 aliphatic carbocycles. The Kier molecular flexibility index (Phi) is 9.05. The van der Waals surface area contributed by atoms with Gasteiger partial charge in [0.1, 0.15) is 23.1 Å². The maximum atomic E-state index is 12.5. The number of halogens is 1. The summed E-state index contributed by atoms with van der Waals surface area (Å²) < 4.78 is 12.0. The molecule has 0 aliphatic rings. The Hall–Kier alpha value is -3.84. The number of nitrogens with one attached hydrogen (secondary N) is 2. The van der Waals surface area contributed by atoms with Gasteiger partial charge in [0.2, 0.25) is 0 Å². The van der Waals surface area contributed by atoms with Crippen molar-refractivity contribution in [3.05, 3.63) is 87.5 Å². The molecule has 2 N–H and O–H groups in total. The summed E-state index contributed by atoms with van der Waals surface area (Å²) in [6.45, 7) is 2.24. The van der Waals surface area contributed by atoms with E-state index in [4.69, 9.17) is 9.47 Å². The quantitative estimate of drug-likeness (QED) is 0.209. The summed E-state index contributed by atoms with van der Waals surface area (Å²) in [5.41, 5.74) is 1.82. The summed E-state index contributed by atoms with van der Waals surface area (Å²) in [6, 6.07) is 23.1. The SMILES string of the molecule is CCOc1cccc(NC(=O)/C(C#N)=C/c2ccc(OCC(=O)Nc3ccc(I)cc3)cc2)c1. The highest BCUT2D eigenvalue weighted by atomic mass is 127. The summed E-state index contributed by atoms with van der Waals surface area (Å²) in [5.74, 6) is 0.321. The molecule has 0 unspecified atom stereocenters. The fraction of sp³-hybridized carbons (Fsp3) is 0.115. The average Bonchev–Trinajstić information content (AvgIpc) is 2.84. The van der Waals surface area contributed by atoms with Crippen molar-refractivity contribution in [2.24, 2.45) is 0 Å². The lowest BCUT2D eigenvalue weighted by Crippen LogP contribution is -2.20. The van der Waals surface area contributed by atoms with Gasteiger partial charge in [-0.05, 0) is 89.7 Å². The summed E-state index contributed by atoms with van der Waals surface area (Å²) in [4.78, 5) is 24.6. The van der Waals surface area contributed by atoms with Gasteiger partial charge in [-0.3, -0.25) is 9.59 Å². The van der Waals surface area contributed by atoms with Crippen molar-refractivity contribution in [2.75, 3.05) is 23.8 Å². The van der Waals surface area contributed by atoms with Gasteiger partial charge >= 0.3 is 0 Å². The van der Waals surface area contributed by atoms with E-state index in [9.17, 15) is 14.9 Å². The summed E-state index contributed by atoms with van der Waals surface area (Å²) >= 11 is 2.19. The van der Waals surface area contributed by atoms with Crippen LogP contribution < -0.4 is 20.1 Å². The van der Waals surface area contributed by atoms with E-state index in [0.29, 0.717) is 35.0 Å². The van der Waals surface area contributed by atoms with Gasteiger partial charge < -0.3 is 20.1 Å². The maximum Gasteiger partial charge on any atom is 0.266 e. The van der Waals surface area contributed by atoms with E-state index in [-0.39, 0.29) is 18.1 Å². The van der Waals surface area contributed by atoms with E-state index in [1.807, 2.05) is 37.3 Å². The van der Waals surface area contributed by atoms with E-state index in [2.05, 4.69) is 33.2 Å². The Morgan fingerprint density at radius 1 is 0.941 bits per heavy atom. The number of nitrogens with zero attached hydrogens (tertiary/aromatic N) is 1. The molecule has 3 rings (SSSR count). The summed E-state index contributed by atoms with van der Waals surface area (Å²) in [5, 5.41) is 14.9. The molecule has 172 valence electrons. The highest BCUT2D eigenvalue weighted by molar-refractivity contribution is 14.1. The van der Waals surface area contributed by atoms with Crippen LogP contribution in [-0.4, -0.2) is 25.0 Å². The normalized spacial score (nSPS) is 10.7. The third-order valence-electron chi connectivity index (χ3n) is 4.46. The number of carbonyl (C=O) groups excluding carboxylic acids is 2. The molecule has 7 nitrogen and oxygen atoms in total. The van der Waals surface area contributed by atoms with Crippen LogP contribution in [0.5, 0.6) is 11.5 Å². The minimum Gasteiger partial charge on any atom is -0.494 e. The van der Waals surface area contributed by atoms with Gasteiger partial charge in [0, 0.05) is 21.0 Å². The molecule has 34 heavy (non-hydrogen) atoms. The lowest BCUT2D eigenvalue weighted by Gasteiger charge is -2.08. The van der Waals surface area contributed by atoms with Gasteiger partial charge in [0.25, 0.3) is 11.8 Å². The van der Waals surface area contributed by atoms with Crippen molar-refractivity contribution < 1.29 is 19.1 Å². The number of carbonyl (C=O) groups is 2. The first kappa shape index (κ1) is 24.8. The number of nitriles is 1. The molecule has 0 fully saturated rings. The molecule has 0 saturated heterocycles. The van der Waals surface area contributed by atoms with Gasteiger partial charge in [0.15, 0.2) is 6.61 Å². The van der Waals surface area contributed by atoms with Crippen LogP contribution in [0.3, 0.4) is 0 Å². The number of hydrogen-bond donors (Lipinski definition) is 2. The standard InChI is InChI=1S/C26H22IN3O4/c1-2-33-24-5-3-4-22(15-24)30-26(32)19(16-28)14-18-6-12-23(13-7-18)34-17-25(31)29-21-10-8-20(27)9-11-21/h3-15H,2,17H2,1H3,(H,29,31)(H,30,32)/b19-14+. The molecule has 0 aromatic heterocycles. The highest BCUT2D eigenvalue weighted by Crippen LogP contribution is 2.19. The molecular weight excluding hydrogens is 545 g/mol. The number of amides is 2. The fourth-order valence-corrected chi connectivity index (χ4v) is 3.24. The van der Waals surface area contributed by atoms with Crippen LogP contribution in [0, 0.1) is 14.9 Å². The lowest BCUT2D eigenvalue weighted by atomic mass is 10.1. The molecule has 0 bridgehead atoms.